The first-order valence-corrected chi connectivity index (χ1v) is 35.1. The van der Waals surface area contributed by atoms with Gasteiger partial charge in [0.2, 0.25) is 0 Å². The van der Waals surface area contributed by atoms with Crippen LogP contribution in [0.25, 0.3) is 0 Å². The number of carbonyl (C=O) groups excluding carboxylic acids is 3. The van der Waals surface area contributed by atoms with E-state index in [4.69, 9.17) is 81.0 Å². The Labute approximate surface area is 670 Å². The molecule has 9 saturated heterocycles. The van der Waals surface area contributed by atoms with Crippen molar-refractivity contribution in [2.24, 2.45) is 0 Å². The second-order valence-electron chi connectivity index (χ2n) is 28.2. The normalized spacial score (nSPS) is 30.6. The zero-order valence-electron chi connectivity index (χ0n) is 64.8. The molecule has 5 unspecified atom stereocenters. The Morgan fingerprint density at radius 1 is 0.426 bits per heavy atom. The van der Waals surface area contributed by atoms with Crippen molar-refractivity contribution in [2.75, 3.05) is 26.4 Å². The smallest absolute Gasteiger partial charge is 0.870 e. The van der Waals surface area contributed by atoms with Gasteiger partial charge in [-0.2, -0.15) is 0 Å². The zero-order chi connectivity index (χ0) is 82.5. The van der Waals surface area contributed by atoms with Crippen LogP contribution < -0.4 is 92.0 Å². The number of rotatable bonds is 15. The van der Waals surface area contributed by atoms with Gasteiger partial charge in [0, 0.05) is 57.0 Å². The monoisotopic (exact) mass is 1650 g/mol. The van der Waals surface area contributed by atoms with Crippen molar-refractivity contribution < 1.29 is 156 Å². The van der Waals surface area contributed by atoms with E-state index < -0.39 is 215 Å². The molecule has 0 radical (unpaired) electrons. The number of nitrogens with one attached hydrogen (secondary N) is 5. The van der Waals surface area contributed by atoms with E-state index >= 15 is 0 Å². The average molecular weight is 1650 g/mol. The minimum absolute atomic E-state index is 0. The summed E-state index contributed by atoms with van der Waals surface area (Å²) in [7, 11) is 0. The fourth-order valence-corrected chi connectivity index (χ4v) is 13.5. The minimum atomic E-state index is -1.35. The summed E-state index contributed by atoms with van der Waals surface area (Å²) in [5.74, 6) is -4.42. The number of aliphatic hydroxyl groups is 7. The second kappa shape index (κ2) is 39.6. The summed E-state index contributed by atoms with van der Waals surface area (Å²) in [5, 5.41) is 65.5. The SMILES string of the molecule is CC(=O)OCc1cn([C@@H]2O[C@H](CO)C3OC(C)(C)O[C@@H]32)c(=O)[nH]c1=O.CC1(C)OC2[C@@H](CO)O[C@@H](n3cc(CO)c(=O)[nH]c3=O)[C@H]2O1.CC1(C)OC2[C@@H](CO)O[C@@H](n3ccc(=O)[nH]c3=O)[C@H]2O1.CC=O.CC[C@H]1O[C@@H](n2cc(COC(C)=O)c(=O)[nH]c2=O)[C@H]2OC(C)(C)OC12.N.O=c1ccn([C@@H]2O[C@H](CO)C(O)[C@@H]2O)c(=O)[nH]1.[Na+].[OH-]. The van der Waals surface area contributed by atoms with Crippen LogP contribution in [-0.4, -0.2) is 248 Å². The average Bonchev–Trinajstić information content (AvgIpc) is 1.61. The number of aromatic nitrogens is 10. The molecule has 9 fully saturated rings. The third kappa shape index (κ3) is 22.1. The number of hydrogen-bond acceptors (Lipinski definition) is 37. The number of esters is 2. The fraction of sp³-hybridized carbons (Fsp3) is 0.657. The fourth-order valence-electron chi connectivity index (χ4n) is 13.5. The maximum Gasteiger partial charge on any atom is 1.00 e. The van der Waals surface area contributed by atoms with Crippen molar-refractivity contribution in [1.82, 2.24) is 53.9 Å². The molecule has 48 heteroatoms. The molecule has 14 heterocycles. The first-order valence-electron chi connectivity index (χ1n) is 35.1. The molecule has 16 N–H and O–H groups in total. The molecule has 14 rings (SSSR count). The molecule has 20 atom stereocenters. The van der Waals surface area contributed by atoms with Gasteiger partial charge in [0.25, 0.3) is 27.8 Å². The Morgan fingerprint density at radius 2 is 0.687 bits per heavy atom. The van der Waals surface area contributed by atoms with Gasteiger partial charge in [-0.15, -0.1) is 0 Å². The predicted molar refractivity (Wildman–Crippen MR) is 378 cm³/mol. The zero-order valence-corrected chi connectivity index (χ0v) is 66.8. The molecule has 5 aromatic rings. The van der Waals surface area contributed by atoms with Gasteiger partial charge in [-0.25, -0.2) is 24.0 Å². The molecule has 636 valence electrons. The molecule has 0 spiro atoms. The van der Waals surface area contributed by atoms with Gasteiger partial charge in [0.15, 0.2) is 54.3 Å². The van der Waals surface area contributed by atoms with Crippen molar-refractivity contribution in [3.05, 3.63) is 164 Å². The molecular weight excluding hydrogens is 1560 g/mol. The second-order valence-corrected chi connectivity index (χ2v) is 28.2. The van der Waals surface area contributed by atoms with E-state index in [2.05, 4.69) is 19.9 Å². The topological polar surface area (TPSA) is 671 Å². The van der Waals surface area contributed by atoms with Crippen LogP contribution in [0.5, 0.6) is 0 Å². The third-order valence-electron chi connectivity index (χ3n) is 18.2. The summed E-state index contributed by atoms with van der Waals surface area (Å²) in [4.78, 5) is 159. The van der Waals surface area contributed by atoms with E-state index in [0.717, 1.165) is 32.3 Å². The van der Waals surface area contributed by atoms with Crippen molar-refractivity contribution in [3.8, 4) is 0 Å². The van der Waals surface area contributed by atoms with Gasteiger partial charge in [-0.3, -0.25) is 81.3 Å². The molecule has 0 amide bonds. The molecule has 0 aliphatic carbocycles. The Bertz CT molecular complexity index is 4660. The summed E-state index contributed by atoms with van der Waals surface area (Å²) >= 11 is 0. The van der Waals surface area contributed by atoms with E-state index in [1.807, 2.05) is 11.9 Å². The maximum absolute atomic E-state index is 12.3. The standard InChI is InChI=1S/C16H22N2O7.C15H20N2O8.C13H18N2O7.C12H16N2O6.C9H12N2O6.C2H4O.H3N.Na.H2O/c1-5-10-11-12(25-16(3,4)24-11)14(23-10)18-6-9(7-22-8(2)19)13(20)17-15(18)21;1-7(19)22-6-8-4-17(14(21)16-12(8)20)13-11-10(9(5-18)23-13)24-15(2,3)25-11;1-13(2)21-8-7(5-17)20-11(9(8)22-13)15-3-6(4-16)10(18)14-12(15)19;1-12(2)19-8-6(5-15)18-10(9(8)20-12)14-4-3-7(16)13-11(14)17;12-3-4-6(14)7(15)8(17-4)11-2-1-5(13)10-9(11)16;1-2-3;;;/h6,10-12,14H,5,7H2,1-4H3,(H,17,20,21);4,9-11,13,18H,5-6H2,1-3H3,(H,16,20,21);3,7-9,11,16-17H,4-5H2,1-2H3,(H,14,18,19);3-4,6,8-10,15H,5H2,1-2H3,(H,13,16,17);1-2,4,6-8,12,14-15H,3H2,(H,10,13,16);2H,1H3;1H3;;1H2/q;;;;;;;+1;/p-1/t10-,11?,12+,14-;9-,10?,11+,13-;7-,8?,9+,11-;6-,8?,9+,10-;4-,6?,7+,8-;;;;/m11111..../s1. The minimum Gasteiger partial charge on any atom is -0.870 e. The van der Waals surface area contributed by atoms with E-state index in [0.29, 0.717) is 6.42 Å². The van der Waals surface area contributed by atoms with Crippen LogP contribution >= 0.6 is 0 Å². The van der Waals surface area contributed by atoms with Crippen molar-refractivity contribution in [1.29, 1.82) is 0 Å². The first-order chi connectivity index (χ1) is 52.7. The number of ether oxygens (including phenoxy) is 15. The van der Waals surface area contributed by atoms with Crippen LogP contribution in [0.3, 0.4) is 0 Å². The van der Waals surface area contributed by atoms with Crippen molar-refractivity contribution in [3.63, 3.8) is 0 Å². The molecule has 115 heavy (non-hydrogen) atoms. The third-order valence-corrected chi connectivity index (χ3v) is 18.2. The summed E-state index contributed by atoms with van der Waals surface area (Å²) in [6.45, 7) is 17.5. The quantitative estimate of drug-likeness (QED) is 0.0263. The van der Waals surface area contributed by atoms with Gasteiger partial charge in [-0.05, 0) is 68.7 Å². The predicted octanol–water partition coefficient (Wildman–Crippen LogP) is -8.84. The summed E-state index contributed by atoms with van der Waals surface area (Å²) < 4.78 is 89.7. The van der Waals surface area contributed by atoms with E-state index in [-0.39, 0.29) is 103 Å². The van der Waals surface area contributed by atoms with Crippen LogP contribution in [0.2, 0.25) is 0 Å². The molecule has 5 aromatic heterocycles. The summed E-state index contributed by atoms with van der Waals surface area (Å²) in [6.07, 6.45) is -6.43. The number of aliphatic hydroxyl groups excluding tert-OH is 7. The summed E-state index contributed by atoms with van der Waals surface area (Å²) in [5.41, 5.74) is -6.05. The number of nitrogens with zero attached hydrogens (tertiary/aromatic N) is 5. The largest absolute Gasteiger partial charge is 1.00 e. The van der Waals surface area contributed by atoms with Gasteiger partial charge in [0.1, 0.15) is 105 Å². The van der Waals surface area contributed by atoms with Gasteiger partial charge >= 0.3 is 69.9 Å². The Hall–Kier alpha value is -7.87. The number of hydrogen-bond donors (Lipinski definition) is 13. The van der Waals surface area contributed by atoms with Crippen LogP contribution in [0.4, 0.5) is 0 Å². The number of aldehydes is 1. The number of fused-ring (bicyclic) bond motifs is 4. The van der Waals surface area contributed by atoms with Gasteiger partial charge in [-0.1, -0.05) is 6.92 Å². The molecule has 0 saturated carbocycles. The van der Waals surface area contributed by atoms with Crippen LogP contribution in [0, 0.1) is 0 Å². The number of aromatic amines is 5. The maximum atomic E-state index is 12.3. The molecule has 9 aliphatic heterocycles. The Morgan fingerprint density at radius 3 is 0.974 bits per heavy atom. The molecule has 47 nitrogen and oxygen atoms in total. The van der Waals surface area contributed by atoms with Crippen LogP contribution in [-0.2, 0) is 105 Å². The van der Waals surface area contributed by atoms with Gasteiger partial charge in [0.05, 0.1) is 55.8 Å². The molecular formula is C67H96N11NaO36. The van der Waals surface area contributed by atoms with Gasteiger partial charge < -0.3 is 123 Å². The first kappa shape index (κ1) is 96.0. The molecule has 9 aliphatic rings. The van der Waals surface area contributed by atoms with Crippen molar-refractivity contribution in [2.45, 2.75) is 255 Å². The van der Waals surface area contributed by atoms with Crippen LogP contribution in [0.15, 0.2) is 91.1 Å². The Kier molecular flexibility index (Phi) is 33.0. The van der Waals surface area contributed by atoms with E-state index in [1.165, 1.54) is 60.8 Å². The van der Waals surface area contributed by atoms with Crippen LogP contribution in [0.1, 0.15) is 137 Å². The number of carbonyl (C=O) groups is 3. The summed E-state index contributed by atoms with van der Waals surface area (Å²) in [6, 6.07) is 2.32. The van der Waals surface area contributed by atoms with E-state index in [1.54, 1.807) is 55.4 Å². The number of H-pyrrole nitrogens is 5. The Balaban J connectivity index is 0.000000221. The van der Waals surface area contributed by atoms with Crippen molar-refractivity contribution >= 4 is 18.2 Å². The molecule has 0 aromatic carbocycles. The van der Waals surface area contributed by atoms with E-state index in [9.17, 15) is 88.2 Å². The molecule has 0 bridgehead atoms.